The smallest absolute Gasteiger partial charge is 0.253 e. The van der Waals surface area contributed by atoms with Gasteiger partial charge in [-0.1, -0.05) is 19.4 Å². The second kappa shape index (κ2) is 7.29. The lowest BCUT2D eigenvalue weighted by molar-refractivity contribution is 0.0776. The van der Waals surface area contributed by atoms with Gasteiger partial charge in [0.15, 0.2) is 0 Å². The third-order valence-electron chi connectivity index (χ3n) is 5.71. The molecule has 2 aliphatic heterocycles. The molecular weight excluding hydrogens is 350 g/mol. The number of nitrogens with zero attached hydrogens (tertiary/aromatic N) is 2. The summed E-state index contributed by atoms with van der Waals surface area (Å²) >= 11 is 0. The Morgan fingerprint density at radius 2 is 1.88 bits per heavy atom. The van der Waals surface area contributed by atoms with E-state index in [1.807, 2.05) is 0 Å². The van der Waals surface area contributed by atoms with Gasteiger partial charge in [0, 0.05) is 31.7 Å². The van der Waals surface area contributed by atoms with Crippen molar-refractivity contribution in [1.82, 2.24) is 9.21 Å². The molecule has 1 atom stereocenters. The van der Waals surface area contributed by atoms with Crippen LogP contribution in [0.1, 0.15) is 48.5 Å². The summed E-state index contributed by atoms with van der Waals surface area (Å²) in [6.45, 7) is 6.80. The summed E-state index contributed by atoms with van der Waals surface area (Å²) in [6, 6.07) is 5.02. The zero-order chi connectivity index (χ0) is 18.9. The Hall–Kier alpha value is -1.44. The van der Waals surface area contributed by atoms with Crippen LogP contribution in [-0.2, 0) is 10.0 Å². The minimum atomic E-state index is -3.56. The lowest BCUT2D eigenvalue weighted by Crippen LogP contribution is -2.36. The minimum Gasteiger partial charge on any atom is -0.338 e. The predicted octanol–water partition coefficient (Wildman–Crippen LogP) is 1.98. The number of benzene rings is 1. The molecule has 1 aromatic rings. The van der Waals surface area contributed by atoms with Gasteiger partial charge in [-0.2, -0.15) is 4.31 Å². The third-order valence-corrected chi connectivity index (χ3v) is 7.75. The highest BCUT2D eigenvalue weighted by Crippen LogP contribution is 2.30. The molecule has 2 N–H and O–H groups in total. The first-order valence-corrected chi connectivity index (χ1v) is 10.8. The summed E-state index contributed by atoms with van der Waals surface area (Å²) in [5, 5.41) is 0. The Morgan fingerprint density at radius 3 is 2.50 bits per heavy atom. The molecule has 7 heteroatoms. The molecule has 2 saturated heterocycles. The maximum absolute atomic E-state index is 13.0. The summed E-state index contributed by atoms with van der Waals surface area (Å²) in [6.07, 6.45) is 3.73. The first-order valence-electron chi connectivity index (χ1n) is 9.37. The monoisotopic (exact) mass is 379 g/mol. The number of likely N-dealkylation sites (tertiary alicyclic amines) is 1. The number of amides is 1. The summed E-state index contributed by atoms with van der Waals surface area (Å²) in [5.74, 6) is -0.114. The molecule has 26 heavy (non-hydrogen) atoms. The van der Waals surface area contributed by atoms with E-state index in [1.54, 1.807) is 34.3 Å². The Kier molecular flexibility index (Phi) is 5.42. The number of hydrogen-bond donors (Lipinski definition) is 1. The fourth-order valence-corrected chi connectivity index (χ4v) is 5.57. The van der Waals surface area contributed by atoms with Crippen molar-refractivity contribution in [1.29, 1.82) is 0 Å². The van der Waals surface area contributed by atoms with Gasteiger partial charge >= 0.3 is 0 Å². The van der Waals surface area contributed by atoms with Gasteiger partial charge in [-0.25, -0.2) is 8.42 Å². The first kappa shape index (κ1) is 19.3. The van der Waals surface area contributed by atoms with Crippen LogP contribution in [0.2, 0.25) is 0 Å². The molecule has 0 aromatic heterocycles. The van der Waals surface area contributed by atoms with Crippen LogP contribution in [0.25, 0.3) is 0 Å². The van der Waals surface area contributed by atoms with E-state index in [9.17, 15) is 13.2 Å². The molecule has 0 spiro atoms. The van der Waals surface area contributed by atoms with Crippen LogP contribution in [0.15, 0.2) is 23.1 Å². The van der Waals surface area contributed by atoms with Crippen molar-refractivity contribution in [2.45, 2.75) is 44.4 Å². The molecule has 1 unspecified atom stereocenters. The molecular formula is C19H29N3O3S. The van der Waals surface area contributed by atoms with Crippen LogP contribution in [0, 0.1) is 12.3 Å². The average Bonchev–Trinajstić information content (AvgIpc) is 3.05. The molecule has 0 saturated carbocycles. The highest BCUT2D eigenvalue weighted by Gasteiger charge is 2.36. The average molecular weight is 380 g/mol. The Morgan fingerprint density at radius 1 is 1.19 bits per heavy atom. The van der Waals surface area contributed by atoms with E-state index < -0.39 is 10.0 Å². The molecule has 6 nitrogen and oxygen atoms in total. The standard InChI is InChI=1S/C19H29N3O3S/c1-15-6-7-16(18(23)21-11-8-19(2,13-20)14-21)12-17(15)26(24,25)22-9-4-3-5-10-22/h6-7,12H,3-5,8-11,13-14,20H2,1-2H3. The number of rotatable bonds is 4. The zero-order valence-corrected chi connectivity index (χ0v) is 16.5. The van der Waals surface area contributed by atoms with Crippen LogP contribution in [-0.4, -0.2) is 56.3 Å². The van der Waals surface area contributed by atoms with Crippen LogP contribution in [0.4, 0.5) is 0 Å². The molecule has 2 heterocycles. The summed E-state index contributed by atoms with van der Waals surface area (Å²) in [4.78, 5) is 14.9. The fraction of sp³-hybridized carbons (Fsp3) is 0.632. The van der Waals surface area contributed by atoms with E-state index in [0.717, 1.165) is 25.7 Å². The molecule has 1 amide bonds. The predicted molar refractivity (Wildman–Crippen MR) is 101 cm³/mol. The topological polar surface area (TPSA) is 83.7 Å². The normalized spacial score (nSPS) is 24.8. The SMILES string of the molecule is Cc1ccc(C(=O)N2CCC(C)(CN)C2)cc1S(=O)(=O)N1CCCCC1. The summed E-state index contributed by atoms with van der Waals surface area (Å²) in [7, 11) is -3.56. The van der Waals surface area contributed by atoms with E-state index in [-0.39, 0.29) is 16.2 Å². The van der Waals surface area contributed by atoms with Gasteiger partial charge in [-0.05, 0) is 55.8 Å². The number of sulfonamides is 1. The van der Waals surface area contributed by atoms with Crippen molar-refractivity contribution in [3.8, 4) is 0 Å². The second-order valence-corrected chi connectivity index (χ2v) is 9.84. The quantitative estimate of drug-likeness (QED) is 0.867. The number of carbonyl (C=O) groups excluding carboxylic acids is 1. The van der Waals surface area contributed by atoms with Crippen molar-refractivity contribution in [2.24, 2.45) is 11.1 Å². The fourth-order valence-electron chi connectivity index (χ4n) is 3.80. The van der Waals surface area contributed by atoms with E-state index in [0.29, 0.717) is 43.9 Å². The number of piperidine rings is 1. The number of aryl methyl sites for hydroxylation is 1. The summed E-state index contributed by atoms with van der Waals surface area (Å²) in [5.41, 5.74) is 6.90. The van der Waals surface area contributed by atoms with Gasteiger partial charge in [-0.15, -0.1) is 0 Å². The van der Waals surface area contributed by atoms with Gasteiger partial charge < -0.3 is 10.6 Å². The van der Waals surface area contributed by atoms with Crippen LogP contribution < -0.4 is 5.73 Å². The molecule has 3 rings (SSSR count). The summed E-state index contributed by atoms with van der Waals surface area (Å²) < 4.78 is 27.6. The molecule has 144 valence electrons. The van der Waals surface area contributed by atoms with E-state index >= 15 is 0 Å². The van der Waals surface area contributed by atoms with Gasteiger partial charge in [-0.3, -0.25) is 4.79 Å². The molecule has 0 radical (unpaired) electrons. The maximum Gasteiger partial charge on any atom is 0.253 e. The van der Waals surface area contributed by atoms with Crippen molar-refractivity contribution in [3.05, 3.63) is 29.3 Å². The first-order chi connectivity index (χ1) is 12.3. The van der Waals surface area contributed by atoms with Crippen molar-refractivity contribution >= 4 is 15.9 Å². The second-order valence-electron chi connectivity index (χ2n) is 7.94. The van der Waals surface area contributed by atoms with E-state index in [4.69, 9.17) is 5.73 Å². The van der Waals surface area contributed by atoms with Crippen molar-refractivity contribution in [2.75, 3.05) is 32.7 Å². The highest BCUT2D eigenvalue weighted by atomic mass is 32.2. The van der Waals surface area contributed by atoms with Gasteiger partial charge in [0.25, 0.3) is 5.91 Å². The van der Waals surface area contributed by atoms with Crippen LogP contribution >= 0.6 is 0 Å². The van der Waals surface area contributed by atoms with Crippen LogP contribution in [0.5, 0.6) is 0 Å². The van der Waals surface area contributed by atoms with Crippen LogP contribution in [0.3, 0.4) is 0 Å². The zero-order valence-electron chi connectivity index (χ0n) is 15.7. The molecule has 0 bridgehead atoms. The van der Waals surface area contributed by atoms with E-state index in [1.165, 1.54) is 0 Å². The van der Waals surface area contributed by atoms with Crippen molar-refractivity contribution in [3.63, 3.8) is 0 Å². The molecule has 1 aromatic carbocycles. The van der Waals surface area contributed by atoms with Gasteiger partial charge in [0.05, 0.1) is 4.90 Å². The van der Waals surface area contributed by atoms with E-state index in [2.05, 4.69) is 6.92 Å². The molecule has 2 fully saturated rings. The Labute approximate surface area is 156 Å². The maximum atomic E-state index is 13.0. The number of hydrogen-bond acceptors (Lipinski definition) is 4. The lowest BCUT2D eigenvalue weighted by Gasteiger charge is -2.27. The number of carbonyl (C=O) groups is 1. The van der Waals surface area contributed by atoms with Gasteiger partial charge in [0.2, 0.25) is 10.0 Å². The highest BCUT2D eigenvalue weighted by molar-refractivity contribution is 7.89. The lowest BCUT2D eigenvalue weighted by atomic mass is 9.90. The molecule has 2 aliphatic rings. The Bertz CT molecular complexity index is 787. The minimum absolute atomic E-state index is 0.0525. The third kappa shape index (κ3) is 3.66. The van der Waals surface area contributed by atoms with Gasteiger partial charge in [0.1, 0.15) is 0 Å². The Balaban J connectivity index is 1.87. The van der Waals surface area contributed by atoms with Crippen molar-refractivity contribution < 1.29 is 13.2 Å². The number of nitrogens with two attached hydrogens (primary N) is 1. The largest absolute Gasteiger partial charge is 0.338 e. The molecule has 0 aliphatic carbocycles.